The average Bonchev–Trinajstić information content (AvgIpc) is 2.30. The van der Waals surface area contributed by atoms with E-state index < -0.39 is 0 Å². The molecule has 1 aliphatic rings. The predicted molar refractivity (Wildman–Crippen MR) is 52.4 cm³/mol. The summed E-state index contributed by atoms with van der Waals surface area (Å²) in [6, 6.07) is 0. The van der Waals surface area contributed by atoms with Gasteiger partial charge in [-0.2, -0.15) is 0 Å². The summed E-state index contributed by atoms with van der Waals surface area (Å²) in [6.45, 7) is 7.40. The molecule has 1 rings (SSSR count). The van der Waals surface area contributed by atoms with Crippen molar-refractivity contribution in [2.24, 2.45) is 11.3 Å². The summed E-state index contributed by atoms with van der Waals surface area (Å²) >= 11 is 0. The summed E-state index contributed by atoms with van der Waals surface area (Å²) in [5.74, 6) is 0.623. The van der Waals surface area contributed by atoms with Crippen LogP contribution in [-0.4, -0.2) is 12.6 Å². The van der Waals surface area contributed by atoms with Gasteiger partial charge in [0.25, 0.3) is 0 Å². The van der Waals surface area contributed by atoms with Gasteiger partial charge in [-0.1, -0.05) is 27.2 Å². The highest BCUT2D eigenvalue weighted by molar-refractivity contribution is 5.69. The fraction of sp³-hybridized carbons (Fsp3) is 0.909. The van der Waals surface area contributed by atoms with Crippen molar-refractivity contribution in [3.8, 4) is 0 Å². The molecule has 13 heavy (non-hydrogen) atoms. The topological polar surface area (TPSA) is 26.3 Å². The maximum absolute atomic E-state index is 11.0. The maximum atomic E-state index is 11.0. The van der Waals surface area contributed by atoms with Crippen molar-refractivity contribution in [2.75, 3.05) is 6.61 Å². The lowest BCUT2D eigenvalue weighted by atomic mass is 9.73. The molecule has 0 aromatic rings. The van der Waals surface area contributed by atoms with Gasteiger partial charge < -0.3 is 4.74 Å². The van der Waals surface area contributed by atoms with Gasteiger partial charge in [0.2, 0.25) is 0 Å². The maximum Gasteiger partial charge on any atom is 0.305 e. The number of esters is 1. The second-order valence-electron chi connectivity index (χ2n) is 4.59. The minimum Gasteiger partial charge on any atom is -0.466 e. The Morgan fingerprint density at radius 1 is 1.46 bits per heavy atom. The number of rotatable bonds is 2. The van der Waals surface area contributed by atoms with Gasteiger partial charge in [0, 0.05) is 6.42 Å². The molecule has 2 nitrogen and oxygen atoms in total. The smallest absolute Gasteiger partial charge is 0.305 e. The molecular weight excluding hydrogens is 164 g/mol. The van der Waals surface area contributed by atoms with Crippen LogP contribution in [0.25, 0.3) is 0 Å². The molecule has 0 radical (unpaired) electrons. The Labute approximate surface area is 80.7 Å². The Balaban J connectivity index is 2.55. The first-order valence-corrected chi connectivity index (χ1v) is 5.22. The number of carbonyl (C=O) groups is 1. The van der Waals surface area contributed by atoms with Crippen molar-refractivity contribution < 1.29 is 9.53 Å². The zero-order valence-electron chi connectivity index (χ0n) is 8.93. The highest BCUT2D eigenvalue weighted by atomic mass is 16.5. The van der Waals surface area contributed by atoms with Crippen LogP contribution in [0.1, 0.15) is 46.5 Å². The first kappa shape index (κ1) is 10.6. The predicted octanol–water partition coefficient (Wildman–Crippen LogP) is 2.77. The molecule has 1 atom stereocenters. The van der Waals surface area contributed by atoms with E-state index in [1.807, 2.05) is 0 Å². The van der Waals surface area contributed by atoms with Gasteiger partial charge in [0.1, 0.15) is 0 Å². The lowest BCUT2D eigenvalue weighted by Gasteiger charge is -2.32. The van der Waals surface area contributed by atoms with Crippen molar-refractivity contribution in [1.82, 2.24) is 0 Å². The van der Waals surface area contributed by atoms with Crippen molar-refractivity contribution in [2.45, 2.75) is 46.5 Å². The van der Waals surface area contributed by atoms with Gasteiger partial charge in [-0.15, -0.1) is 0 Å². The van der Waals surface area contributed by atoms with Crippen LogP contribution >= 0.6 is 0 Å². The highest BCUT2D eigenvalue weighted by Crippen LogP contribution is 2.37. The molecule has 0 saturated carbocycles. The zero-order chi connectivity index (χ0) is 9.90. The quantitative estimate of drug-likeness (QED) is 0.617. The molecule has 0 amide bonds. The minimum atomic E-state index is -0.0191. The second kappa shape index (κ2) is 4.12. The lowest BCUT2D eigenvalue weighted by molar-refractivity contribution is -0.142. The van der Waals surface area contributed by atoms with Crippen LogP contribution in [0.4, 0.5) is 0 Å². The molecule has 76 valence electrons. The van der Waals surface area contributed by atoms with Gasteiger partial charge in [0.15, 0.2) is 0 Å². The average molecular weight is 184 g/mol. The highest BCUT2D eigenvalue weighted by Gasteiger charge is 2.29. The van der Waals surface area contributed by atoms with E-state index in [-0.39, 0.29) is 5.97 Å². The lowest BCUT2D eigenvalue weighted by Crippen LogP contribution is -2.23. The first-order chi connectivity index (χ1) is 6.06. The van der Waals surface area contributed by atoms with Crippen LogP contribution in [0.5, 0.6) is 0 Å². The molecule has 1 saturated heterocycles. The Bertz CT molecular complexity index is 185. The molecular formula is C11H20O2. The molecule has 1 fully saturated rings. The van der Waals surface area contributed by atoms with E-state index in [0.29, 0.717) is 24.4 Å². The van der Waals surface area contributed by atoms with Crippen molar-refractivity contribution in [3.63, 3.8) is 0 Å². The molecule has 2 heteroatoms. The van der Waals surface area contributed by atoms with Crippen LogP contribution in [0.15, 0.2) is 0 Å². The largest absolute Gasteiger partial charge is 0.466 e. The molecule has 1 heterocycles. The third kappa shape index (κ3) is 2.71. The first-order valence-electron chi connectivity index (χ1n) is 5.22. The Hall–Kier alpha value is -0.530. The normalized spacial score (nSPS) is 25.2. The third-order valence-corrected chi connectivity index (χ3v) is 3.44. The summed E-state index contributed by atoms with van der Waals surface area (Å²) in [6.07, 6.45) is 3.81. The van der Waals surface area contributed by atoms with Crippen molar-refractivity contribution in [3.05, 3.63) is 0 Å². The van der Waals surface area contributed by atoms with E-state index in [1.165, 1.54) is 6.42 Å². The summed E-state index contributed by atoms with van der Waals surface area (Å²) in [7, 11) is 0. The van der Waals surface area contributed by atoms with Crippen LogP contribution < -0.4 is 0 Å². The molecule has 0 N–H and O–H groups in total. The van der Waals surface area contributed by atoms with Crippen LogP contribution in [0, 0.1) is 11.3 Å². The molecule has 0 aromatic heterocycles. The molecule has 0 bridgehead atoms. The minimum absolute atomic E-state index is 0.0191. The number of cyclic esters (lactones) is 1. The van der Waals surface area contributed by atoms with Crippen molar-refractivity contribution >= 4 is 5.97 Å². The van der Waals surface area contributed by atoms with Crippen LogP contribution in [0.3, 0.4) is 0 Å². The van der Waals surface area contributed by atoms with Gasteiger partial charge >= 0.3 is 5.97 Å². The van der Waals surface area contributed by atoms with E-state index in [0.717, 1.165) is 12.8 Å². The van der Waals surface area contributed by atoms with Gasteiger partial charge in [-0.25, -0.2) is 0 Å². The number of carbonyl (C=O) groups excluding carboxylic acids is 1. The van der Waals surface area contributed by atoms with E-state index in [4.69, 9.17) is 4.74 Å². The summed E-state index contributed by atoms with van der Waals surface area (Å²) in [5.41, 5.74) is 0.355. The fourth-order valence-electron chi connectivity index (χ4n) is 1.89. The van der Waals surface area contributed by atoms with E-state index >= 15 is 0 Å². The molecule has 0 aromatic carbocycles. The van der Waals surface area contributed by atoms with Crippen LogP contribution in [-0.2, 0) is 9.53 Å². The Morgan fingerprint density at radius 3 is 2.77 bits per heavy atom. The Morgan fingerprint density at radius 2 is 2.15 bits per heavy atom. The molecule has 1 aliphatic heterocycles. The molecule has 0 aliphatic carbocycles. The molecule has 1 unspecified atom stereocenters. The monoisotopic (exact) mass is 184 g/mol. The summed E-state index contributed by atoms with van der Waals surface area (Å²) < 4.78 is 5.03. The summed E-state index contributed by atoms with van der Waals surface area (Å²) in [5, 5.41) is 0. The number of hydrogen-bond acceptors (Lipinski definition) is 2. The summed E-state index contributed by atoms with van der Waals surface area (Å²) in [4.78, 5) is 11.0. The van der Waals surface area contributed by atoms with E-state index in [2.05, 4.69) is 20.8 Å². The fourth-order valence-corrected chi connectivity index (χ4v) is 1.89. The van der Waals surface area contributed by atoms with E-state index in [9.17, 15) is 4.79 Å². The van der Waals surface area contributed by atoms with Gasteiger partial charge in [0.05, 0.1) is 6.61 Å². The van der Waals surface area contributed by atoms with Crippen LogP contribution in [0.2, 0.25) is 0 Å². The van der Waals surface area contributed by atoms with Gasteiger partial charge in [-0.3, -0.25) is 4.79 Å². The standard InChI is InChI=1S/C11H20O2/c1-4-11(2,3)9-5-6-10(12)13-8-7-9/h9H,4-8H2,1-3H3. The van der Waals surface area contributed by atoms with Gasteiger partial charge in [-0.05, 0) is 24.2 Å². The molecule has 0 spiro atoms. The zero-order valence-corrected chi connectivity index (χ0v) is 8.93. The Kier molecular flexibility index (Phi) is 3.34. The SMILES string of the molecule is CCC(C)(C)C1CCOC(=O)CC1. The second-order valence-corrected chi connectivity index (χ2v) is 4.59. The van der Waals surface area contributed by atoms with E-state index in [1.54, 1.807) is 0 Å². The third-order valence-electron chi connectivity index (χ3n) is 3.44. The number of hydrogen-bond donors (Lipinski definition) is 0. The number of ether oxygens (including phenoxy) is 1. The van der Waals surface area contributed by atoms with Crippen molar-refractivity contribution in [1.29, 1.82) is 0 Å².